The van der Waals surface area contributed by atoms with Gasteiger partial charge in [-0.1, -0.05) is 18.2 Å². The largest absolute Gasteiger partial charge is 0.380 e. The number of hydrogen-bond acceptors (Lipinski definition) is 3. The molecule has 0 amide bonds. The molecule has 0 aliphatic heterocycles. The van der Waals surface area contributed by atoms with Crippen LogP contribution < -0.4 is 15.5 Å². The van der Waals surface area contributed by atoms with Crippen LogP contribution >= 0.6 is 0 Å². The Morgan fingerprint density at radius 2 is 1.86 bits per heavy atom. The van der Waals surface area contributed by atoms with Crippen LogP contribution in [0.2, 0.25) is 0 Å². The standard InChI is InChI=1S/C17H30N4O/c1-4-22-15-13-20-17(18-2)19-12-8-9-14-21(3)16-10-6-5-7-11-16/h5-7,10-11H,4,8-9,12-15H2,1-3H3,(H2,18,19,20). The normalized spacial score (nSPS) is 11.3. The zero-order valence-electron chi connectivity index (χ0n) is 14.1. The summed E-state index contributed by atoms with van der Waals surface area (Å²) < 4.78 is 5.29. The summed E-state index contributed by atoms with van der Waals surface area (Å²) in [5, 5.41) is 6.56. The molecule has 0 aliphatic carbocycles. The van der Waals surface area contributed by atoms with Gasteiger partial charge < -0.3 is 20.3 Å². The number of rotatable bonds is 10. The van der Waals surface area contributed by atoms with Crippen LogP contribution in [-0.2, 0) is 4.74 Å². The van der Waals surface area contributed by atoms with Gasteiger partial charge in [0.1, 0.15) is 0 Å². The lowest BCUT2D eigenvalue weighted by atomic mass is 10.2. The first-order valence-electron chi connectivity index (χ1n) is 8.06. The van der Waals surface area contributed by atoms with Crippen LogP contribution in [0.1, 0.15) is 19.8 Å². The summed E-state index contributed by atoms with van der Waals surface area (Å²) in [6.45, 7) is 6.23. The number of aliphatic imine (C=N–C) groups is 1. The van der Waals surface area contributed by atoms with E-state index in [1.54, 1.807) is 7.05 Å². The van der Waals surface area contributed by atoms with Crippen molar-refractivity contribution in [2.24, 2.45) is 4.99 Å². The first-order valence-corrected chi connectivity index (χ1v) is 8.06. The molecule has 2 N–H and O–H groups in total. The van der Waals surface area contributed by atoms with Crippen molar-refractivity contribution in [3.05, 3.63) is 30.3 Å². The second kappa shape index (κ2) is 11.9. The minimum atomic E-state index is 0.707. The van der Waals surface area contributed by atoms with Gasteiger partial charge in [-0.15, -0.1) is 0 Å². The molecule has 0 unspecified atom stereocenters. The van der Waals surface area contributed by atoms with Gasteiger partial charge in [-0.05, 0) is 31.9 Å². The maximum absolute atomic E-state index is 5.29. The van der Waals surface area contributed by atoms with Crippen LogP contribution in [0.4, 0.5) is 5.69 Å². The average molecular weight is 306 g/mol. The third kappa shape index (κ3) is 7.88. The molecule has 1 aromatic rings. The first kappa shape index (κ1) is 18.3. The van der Waals surface area contributed by atoms with E-state index in [0.717, 1.165) is 45.0 Å². The van der Waals surface area contributed by atoms with E-state index >= 15 is 0 Å². The quantitative estimate of drug-likeness (QED) is 0.395. The zero-order valence-corrected chi connectivity index (χ0v) is 14.1. The fourth-order valence-corrected chi connectivity index (χ4v) is 2.10. The van der Waals surface area contributed by atoms with Crippen LogP contribution in [0, 0.1) is 0 Å². The molecule has 0 saturated heterocycles. The van der Waals surface area contributed by atoms with Crippen molar-refractivity contribution in [1.82, 2.24) is 10.6 Å². The number of para-hydroxylation sites is 1. The maximum Gasteiger partial charge on any atom is 0.191 e. The Morgan fingerprint density at radius 3 is 2.55 bits per heavy atom. The zero-order chi connectivity index (χ0) is 16.0. The summed E-state index contributed by atoms with van der Waals surface area (Å²) in [6.07, 6.45) is 2.26. The van der Waals surface area contributed by atoms with E-state index in [2.05, 4.69) is 51.8 Å². The monoisotopic (exact) mass is 306 g/mol. The third-order valence-electron chi connectivity index (χ3n) is 3.38. The van der Waals surface area contributed by atoms with Gasteiger partial charge in [0.05, 0.1) is 6.61 Å². The van der Waals surface area contributed by atoms with Crippen molar-refractivity contribution < 1.29 is 4.74 Å². The Labute approximate surface area is 134 Å². The highest BCUT2D eigenvalue weighted by molar-refractivity contribution is 5.79. The van der Waals surface area contributed by atoms with Gasteiger partial charge in [-0.25, -0.2) is 0 Å². The Morgan fingerprint density at radius 1 is 1.14 bits per heavy atom. The van der Waals surface area contributed by atoms with Crippen LogP contribution in [-0.4, -0.2) is 52.9 Å². The molecule has 1 rings (SSSR count). The first-order chi connectivity index (χ1) is 10.8. The highest BCUT2D eigenvalue weighted by atomic mass is 16.5. The Balaban J connectivity index is 2.08. The fraction of sp³-hybridized carbons (Fsp3) is 0.588. The van der Waals surface area contributed by atoms with E-state index in [0.29, 0.717) is 6.61 Å². The van der Waals surface area contributed by atoms with Crippen LogP contribution in [0.5, 0.6) is 0 Å². The molecule has 5 heteroatoms. The predicted octanol–water partition coefficient (Wildman–Crippen LogP) is 2.10. The minimum Gasteiger partial charge on any atom is -0.380 e. The second-order valence-corrected chi connectivity index (χ2v) is 5.09. The van der Waals surface area contributed by atoms with Crippen LogP contribution in [0.25, 0.3) is 0 Å². The summed E-state index contributed by atoms with van der Waals surface area (Å²) in [6, 6.07) is 10.5. The Bertz CT molecular complexity index is 408. The van der Waals surface area contributed by atoms with Gasteiger partial charge >= 0.3 is 0 Å². The molecule has 1 aromatic carbocycles. The maximum atomic E-state index is 5.29. The molecule has 0 radical (unpaired) electrons. The number of nitrogens with zero attached hydrogens (tertiary/aromatic N) is 2. The van der Waals surface area contributed by atoms with Crippen molar-refractivity contribution >= 4 is 11.6 Å². The molecular formula is C17H30N4O. The van der Waals surface area contributed by atoms with Crippen molar-refractivity contribution in [3.8, 4) is 0 Å². The van der Waals surface area contributed by atoms with E-state index in [9.17, 15) is 0 Å². The Hall–Kier alpha value is -1.75. The highest BCUT2D eigenvalue weighted by Crippen LogP contribution is 2.11. The lowest BCUT2D eigenvalue weighted by molar-refractivity contribution is 0.152. The van der Waals surface area contributed by atoms with Gasteiger partial charge in [-0.2, -0.15) is 0 Å². The molecular weight excluding hydrogens is 276 g/mol. The topological polar surface area (TPSA) is 48.9 Å². The molecule has 0 heterocycles. The molecule has 0 fully saturated rings. The molecule has 0 spiro atoms. The number of nitrogens with one attached hydrogen (secondary N) is 2. The van der Waals surface area contributed by atoms with E-state index in [4.69, 9.17) is 4.74 Å². The number of benzene rings is 1. The summed E-state index contributed by atoms with van der Waals surface area (Å²) in [5.41, 5.74) is 1.27. The average Bonchev–Trinajstić information content (AvgIpc) is 2.57. The summed E-state index contributed by atoms with van der Waals surface area (Å²) in [7, 11) is 3.93. The fourth-order valence-electron chi connectivity index (χ4n) is 2.10. The molecule has 0 bridgehead atoms. The van der Waals surface area contributed by atoms with Crippen molar-refractivity contribution in [1.29, 1.82) is 0 Å². The van der Waals surface area contributed by atoms with Crippen molar-refractivity contribution in [2.75, 3.05) is 51.8 Å². The lowest BCUT2D eigenvalue weighted by Gasteiger charge is -2.19. The number of ether oxygens (including phenoxy) is 1. The smallest absolute Gasteiger partial charge is 0.191 e. The minimum absolute atomic E-state index is 0.707. The Kier molecular flexibility index (Phi) is 9.87. The van der Waals surface area contributed by atoms with E-state index in [-0.39, 0.29) is 0 Å². The predicted molar refractivity (Wildman–Crippen MR) is 94.8 cm³/mol. The van der Waals surface area contributed by atoms with Gasteiger partial charge in [0.15, 0.2) is 5.96 Å². The molecule has 0 atom stereocenters. The number of unbranched alkanes of at least 4 members (excludes halogenated alkanes) is 1. The van der Waals surface area contributed by atoms with Crippen LogP contribution in [0.15, 0.2) is 35.3 Å². The van der Waals surface area contributed by atoms with Gasteiger partial charge in [-0.3, -0.25) is 4.99 Å². The van der Waals surface area contributed by atoms with E-state index in [1.165, 1.54) is 5.69 Å². The molecule has 124 valence electrons. The summed E-state index contributed by atoms with van der Waals surface area (Å²) >= 11 is 0. The number of guanidine groups is 1. The van der Waals surface area contributed by atoms with E-state index < -0.39 is 0 Å². The van der Waals surface area contributed by atoms with Gasteiger partial charge in [0, 0.05) is 46.0 Å². The third-order valence-corrected chi connectivity index (χ3v) is 3.38. The summed E-state index contributed by atoms with van der Waals surface area (Å²) in [4.78, 5) is 6.48. The van der Waals surface area contributed by atoms with Gasteiger partial charge in [0.2, 0.25) is 0 Å². The van der Waals surface area contributed by atoms with Gasteiger partial charge in [0.25, 0.3) is 0 Å². The molecule has 0 saturated carbocycles. The summed E-state index contributed by atoms with van der Waals surface area (Å²) in [5.74, 6) is 0.844. The van der Waals surface area contributed by atoms with Crippen LogP contribution in [0.3, 0.4) is 0 Å². The molecule has 0 aliphatic rings. The molecule has 5 nitrogen and oxygen atoms in total. The molecule has 22 heavy (non-hydrogen) atoms. The number of hydrogen-bond donors (Lipinski definition) is 2. The van der Waals surface area contributed by atoms with E-state index in [1.807, 2.05) is 13.0 Å². The highest BCUT2D eigenvalue weighted by Gasteiger charge is 2.00. The molecule has 0 aromatic heterocycles. The van der Waals surface area contributed by atoms with Crippen molar-refractivity contribution in [2.45, 2.75) is 19.8 Å². The number of anilines is 1. The second-order valence-electron chi connectivity index (χ2n) is 5.09. The van der Waals surface area contributed by atoms with Crippen molar-refractivity contribution in [3.63, 3.8) is 0 Å². The SMILES string of the molecule is CCOCCNC(=NC)NCCCCN(C)c1ccccc1. The lowest BCUT2D eigenvalue weighted by Crippen LogP contribution is -2.39.